The van der Waals surface area contributed by atoms with E-state index < -0.39 is 0 Å². The van der Waals surface area contributed by atoms with Crippen molar-refractivity contribution >= 4 is 5.69 Å². The fourth-order valence-corrected chi connectivity index (χ4v) is 3.93. The number of piperazine rings is 1. The highest BCUT2D eigenvalue weighted by molar-refractivity contribution is 5.59. The number of para-hydroxylation sites is 3. The summed E-state index contributed by atoms with van der Waals surface area (Å²) in [5.41, 5.74) is 2.36. The van der Waals surface area contributed by atoms with Crippen molar-refractivity contribution in [2.24, 2.45) is 0 Å². The Morgan fingerprint density at radius 2 is 1.45 bits per heavy atom. The second-order valence-electron chi connectivity index (χ2n) is 7.94. The summed E-state index contributed by atoms with van der Waals surface area (Å²) in [5.74, 6) is 1.73. The van der Waals surface area contributed by atoms with E-state index in [0.29, 0.717) is 13.1 Å². The van der Waals surface area contributed by atoms with Crippen LogP contribution < -0.4 is 15.0 Å². The number of aliphatic hydroxyl groups excluding tert-OH is 1. The number of rotatable bonds is 9. The molecule has 31 heavy (non-hydrogen) atoms. The summed E-state index contributed by atoms with van der Waals surface area (Å²) in [4.78, 5) is 4.71. The van der Waals surface area contributed by atoms with Crippen LogP contribution in [0, 0.1) is 0 Å². The van der Waals surface area contributed by atoms with E-state index in [2.05, 4.69) is 39.4 Å². The molecule has 1 heterocycles. The standard InChI is InChI=1S/C26H31N3O2/c30-23(20-27-19-22-9-3-1-4-10-22)21-28-15-17-29(18-16-28)25-13-7-8-14-26(25)31-24-11-5-2-6-12-24/h1-14,23,27,30H,15-21H2/t23-/m0/s1. The quantitative estimate of drug-likeness (QED) is 0.555. The Kier molecular flexibility index (Phi) is 7.56. The van der Waals surface area contributed by atoms with E-state index in [1.54, 1.807) is 0 Å². The highest BCUT2D eigenvalue weighted by Gasteiger charge is 2.21. The molecular weight excluding hydrogens is 386 g/mol. The minimum atomic E-state index is -0.371. The molecule has 162 valence electrons. The second-order valence-corrected chi connectivity index (χ2v) is 7.94. The number of hydrogen-bond acceptors (Lipinski definition) is 5. The first kappa shape index (κ1) is 21.4. The van der Waals surface area contributed by atoms with Gasteiger partial charge in [0.15, 0.2) is 5.75 Å². The lowest BCUT2D eigenvalue weighted by atomic mass is 10.2. The number of anilines is 1. The van der Waals surface area contributed by atoms with Gasteiger partial charge in [0.05, 0.1) is 11.8 Å². The molecular formula is C26H31N3O2. The maximum atomic E-state index is 10.4. The molecule has 1 aliphatic rings. The molecule has 0 aliphatic carbocycles. The fraction of sp³-hybridized carbons (Fsp3) is 0.308. The molecule has 5 nitrogen and oxygen atoms in total. The summed E-state index contributed by atoms with van der Waals surface area (Å²) in [7, 11) is 0. The van der Waals surface area contributed by atoms with E-state index in [1.807, 2.05) is 60.7 Å². The van der Waals surface area contributed by atoms with Crippen LogP contribution in [0.15, 0.2) is 84.9 Å². The van der Waals surface area contributed by atoms with E-state index in [1.165, 1.54) is 5.56 Å². The van der Waals surface area contributed by atoms with Crippen LogP contribution in [0.2, 0.25) is 0 Å². The molecule has 1 atom stereocenters. The summed E-state index contributed by atoms with van der Waals surface area (Å²) in [6, 6.07) is 28.4. The summed E-state index contributed by atoms with van der Waals surface area (Å²) < 4.78 is 6.13. The molecule has 0 radical (unpaired) electrons. The molecule has 0 saturated carbocycles. The molecule has 4 rings (SSSR count). The van der Waals surface area contributed by atoms with Crippen LogP contribution >= 0.6 is 0 Å². The Balaban J connectivity index is 1.24. The minimum absolute atomic E-state index is 0.371. The van der Waals surface area contributed by atoms with Crippen LogP contribution in [-0.4, -0.2) is 55.4 Å². The number of β-amino-alcohol motifs (C(OH)–C–C–N with tert-alkyl or cyclic N) is 1. The van der Waals surface area contributed by atoms with E-state index in [9.17, 15) is 5.11 Å². The smallest absolute Gasteiger partial charge is 0.150 e. The van der Waals surface area contributed by atoms with Crippen molar-refractivity contribution < 1.29 is 9.84 Å². The van der Waals surface area contributed by atoms with Gasteiger partial charge in [0.1, 0.15) is 5.75 Å². The van der Waals surface area contributed by atoms with Crippen molar-refractivity contribution in [3.05, 3.63) is 90.5 Å². The molecule has 0 amide bonds. The van der Waals surface area contributed by atoms with E-state index in [0.717, 1.165) is 49.9 Å². The van der Waals surface area contributed by atoms with Gasteiger partial charge < -0.3 is 20.1 Å². The molecule has 1 fully saturated rings. The Labute approximate surface area is 184 Å². The molecule has 0 spiro atoms. The monoisotopic (exact) mass is 417 g/mol. The lowest BCUT2D eigenvalue weighted by Gasteiger charge is -2.37. The van der Waals surface area contributed by atoms with Crippen LogP contribution in [0.1, 0.15) is 5.56 Å². The third-order valence-electron chi connectivity index (χ3n) is 5.57. The number of hydrogen-bond donors (Lipinski definition) is 2. The summed E-state index contributed by atoms with van der Waals surface area (Å²) in [6.45, 7) is 5.76. The van der Waals surface area contributed by atoms with Gasteiger partial charge in [-0.05, 0) is 29.8 Å². The summed E-state index contributed by atoms with van der Waals surface area (Å²) >= 11 is 0. The molecule has 1 aliphatic heterocycles. The number of ether oxygens (including phenoxy) is 1. The molecule has 3 aromatic carbocycles. The van der Waals surface area contributed by atoms with Crippen LogP contribution in [-0.2, 0) is 6.54 Å². The van der Waals surface area contributed by atoms with Crippen molar-refractivity contribution in [2.45, 2.75) is 12.6 Å². The summed E-state index contributed by atoms with van der Waals surface area (Å²) in [6.07, 6.45) is -0.371. The Hall–Kier alpha value is -2.86. The number of nitrogens with zero attached hydrogens (tertiary/aromatic N) is 2. The average molecular weight is 418 g/mol. The maximum absolute atomic E-state index is 10.4. The van der Waals surface area contributed by atoms with Gasteiger partial charge in [-0.3, -0.25) is 4.90 Å². The number of aliphatic hydroxyl groups is 1. The first-order valence-corrected chi connectivity index (χ1v) is 11.0. The van der Waals surface area contributed by atoms with Crippen LogP contribution in [0.3, 0.4) is 0 Å². The normalized spacial score (nSPS) is 15.6. The third-order valence-corrected chi connectivity index (χ3v) is 5.57. The van der Waals surface area contributed by atoms with Crippen molar-refractivity contribution in [3.63, 3.8) is 0 Å². The van der Waals surface area contributed by atoms with Crippen molar-refractivity contribution in [1.82, 2.24) is 10.2 Å². The first-order chi connectivity index (χ1) is 15.3. The van der Waals surface area contributed by atoms with Gasteiger partial charge in [0.2, 0.25) is 0 Å². The molecule has 0 aromatic heterocycles. The van der Waals surface area contributed by atoms with Gasteiger partial charge in [0.25, 0.3) is 0 Å². The van der Waals surface area contributed by atoms with Gasteiger partial charge in [-0.25, -0.2) is 0 Å². The zero-order chi connectivity index (χ0) is 21.3. The van der Waals surface area contributed by atoms with Crippen LogP contribution in [0.4, 0.5) is 5.69 Å². The molecule has 5 heteroatoms. The molecule has 2 N–H and O–H groups in total. The Bertz CT molecular complexity index is 912. The summed E-state index contributed by atoms with van der Waals surface area (Å²) in [5, 5.41) is 13.8. The number of nitrogens with one attached hydrogen (secondary N) is 1. The maximum Gasteiger partial charge on any atom is 0.150 e. The highest BCUT2D eigenvalue weighted by Crippen LogP contribution is 2.32. The molecule has 0 bridgehead atoms. The largest absolute Gasteiger partial charge is 0.455 e. The predicted octanol–water partition coefficient (Wildman–Crippen LogP) is 3.75. The van der Waals surface area contributed by atoms with Crippen LogP contribution in [0.25, 0.3) is 0 Å². The highest BCUT2D eigenvalue weighted by atomic mass is 16.5. The van der Waals surface area contributed by atoms with Crippen molar-refractivity contribution in [1.29, 1.82) is 0 Å². The first-order valence-electron chi connectivity index (χ1n) is 11.0. The fourth-order valence-electron chi connectivity index (χ4n) is 3.93. The molecule has 1 saturated heterocycles. The topological polar surface area (TPSA) is 48.0 Å². The Morgan fingerprint density at radius 1 is 0.806 bits per heavy atom. The molecule has 3 aromatic rings. The Morgan fingerprint density at radius 3 is 2.19 bits per heavy atom. The van der Waals surface area contributed by atoms with E-state index >= 15 is 0 Å². The SMILES string of the molecule is O[C@@H](CNCc1ccccc1)CN1CCN(c2ccccc2Oc2ccccc2)CC1. The minimum Gasteiger partial charge on any atom is -0.455 e. The van der Waals surface area contributed by atoms with Crippen molar-refractivity contribution in [3.8, 4) is 11.5 Å². The van der Waals surface area contributed by atoms with E-state index in [-0.39, 0.29) is 6.10 Å². The van der Waals surface area contributed by atoms with Gasteiger partial charge in [0, 0.05) is 45.8 Å². The lowest BCUT2D eigenvalue weighted by molar-refractivity contribution is 0.107. The van der Waals surface area contributed by atoms with Crippen LogP contribution in [0.5, 0.6) is 11.5 Å². The zero-order valence-electron chi connectivity index (χ0n) is 17.9. The van der Waals surface area contributed by atoms with Gasteiger partial charge in [-0.2, -0.15) is 0 Å². The third kappa shape index (κ3) is 6.31. The van der Waals surface area contributed by atoms with Gasteiger partial charge in [-0.1, -0.05) is 60.7 Å². The number of benzene rings is 3. The lowest BCUT2D eigenvalue weighted by Crippen LogP contribution is -2.49. The zero-order valence-corrected chi connectivity index (χ0v) is 17.9. The average Bonchev–Trinajstić information content (AvgIpc) is 2.81. The van der Waals surface area contributed by atoms with E-state index in [4.69, 9.17) is 4.74 Å². The predicted molar refractivity (Wildman–Crippen MR) is 126 cm³/mol. The van der Waals surface area contributed by atoms with Crippen molar-refractivity contribution in [2.75, 3.05) is 44.2 Å². The van der Waals surface area contributed by atoms with Gasteiger partial charge in [-0.15, -0.1) is 0 Å². The second kappa shape index (κ2) is 11.0. The molecule has 0 unspecified atom stereocenters. The van der Waals surface area contributed by atoms with Gasteiger partial charge >= 0.3 is 0 Å².